The second-order valence-corrected chi connectivity index (χ2v) is 6.20. The zero-order valence-corrected chi connectivity index (χ0v) is 12.9. The van der Waals surface area contributed by atoms with Gasteiger partial charge in [0.2, 0.25) is 0 Å². The van der Waals surface area contributed by atoms with E-state index in [2.05, 4.69) is 33.4 Å². The molecule has 0 saturated heterocycles. The van der Waals surface area contributed by atoms with Gasteiger partial charge in [-0.3, -0.25) is 0 Å². The maximum atomic E-state index is 5.74. The first-order valence-electron chi connectivity index (χ1n) is 6.79. The monoisotopic (exact) mass is 299 g/mol. The molecule has 5 nitrogen and oxygen atoms in total. The minimum Gasteiger partial charge on any atom is -0.384 e. The summed E-state index contributed by atoms with van der Waals surface area (Å²) < 4.78 is 2.13. The maximum Gasteiger partial charge on any atom is 0.140 e. The first-order chi connectivity index (χ1) is 10.1. The molecule has 0 amide bonds. The van der Waals surface area contributed by atoms with Crippen LogP contribution in [0.4, 0.5) is 5.82 Å². The number of anilines is 1. The molecule has 0 saturated carbocycles. The van der Waals surface area contributed by atoms with Crippen LogP contribution in [0.15, 0.2) is 30.7 Å². The third kappa shape index (κ3) is 2.95. The average molecular weight is 299 g/mol. The fraction of sp³-hybridized carbons (Fsp3) is 0.267. The van der Waals surface area contributed by atoms with Gasteiger partial charge in [0.05, 0.1) is 10.7 Å². The van der Waals surface area contributed by atoms with E-state index in [4.69, 9.17) is 5.73 Å². The highest BCUT2D eigenvalue weighted by Crippen LogP contribution is 2.21. The third-order valence-corrected chi connectivity index (χ3v) is 4.53. The Balaban J connectivity index is 1.79. The van der Waals surface area contributed by atoms with Gasteiger partial charge >= 0.3 is 0 Å². The summed E-state index contributed by atoms with van der Waals surface area (Å²) in [6.07, 6.45) is 6.41. The van der Waals surface area contributed by atoms with Gasteiger partial charge in [-0.05, 0) is 26.0 Å². The van der Waals surface area contributed by atoms with Crippen LogP contribution in [-0.2, 0) is 13.0 Å². The van der Waals surface area contributed by atoms with Gasteiger partial charge in [-0.15, -0.1) is 11.3 Å². The van der Waals surface area contributed by atoms with Crippen molar-refractivity contribution in [3.05, 3.63) is 46.3 Å². The van der Waals surface area contributed by atoms with E-state index < -0.39 is 0 Å². The number of hydrogen-bond acceptors (Lipinski definition) is 5. The molecule has 0 unspecified atom stereocenters. The number of nitrogens with zero attached hydrogens (tertiary/aromatic N) is 4. The van der Waals surface area contributed by atoms with Gasteiger partial charge in [0.1, 0.15) is 11.6 Å². The molecule has 0 bridgehead atoms. The lowest BCUT2D eigenvalue weighted by molar-refractivity contribution is 0.699. The number of nitrogen functional groups attached to an aromatic ring is 1. The highest BCUT2D eigenvalue weighted by molar-refractivity contribution is 7.11. The number of aromatic nitrogens is 4. The molecule has 0 aromatic carbocycles. The summed E-state index contributed by atoms with van der Waals surface area (Å²) >= 11 is 1.77. The van der Waals surface area contributed by atoms with Crippen molar-refractivity contribution in [3.8, 4) is 11.4 Å². The van der Waals surface area contributed by atoms with Crippen molar-refractivity contribution >= 4 is 17.2 Å². The molecule has 0 atom stereocenters. The first kappa shape index (κ1) is 13.8. The fourth-order valence-electron chi connectivity index (χ4n) is 2.20. The standard InChI is InChI=1S/C15H17N5S/c1-10-11(2)21-14(19-10)4-7-20-8-6-18-15(20)12-3-5-17-13(16)9-12/h3,5-6,8-9H,4,7H2,1-2H3,(H2,16,17). The van der Waals surface area contributed by atoms with Crippen molar-refractivity contribution in [1.82, 2.24) is 19.5 Å². The molecule has 0 spiro atoms. The summed E-state index contributed by atoms with van der Waals surface area (Å²) in [5.74, 6) is 1.42. The molecule has 0 aliphatic carbocycles. The fourth-order valence-corrected chi connectivity index (χ4v) is 3.12. The van der Waals surface area contributed by atoms with E-state index in [9.17, 15) is 0 Å². The Bertz CT molecular complexity index is 740. The summed E-state index contributed by atoms with van der Waals surface area (Å²) in [7, 11) is 0. The minimum absolute atomic E-state index is 0.508. The van der Waals surface area contributed by atoms with Crippen LogP contribution >= 0.6 is 11.3 Å². The third-order valence-electron chi connectivity index (χ3n) is 3.39. The topological polar surface area (TPSA) is 69.6 Å². The van der Waals surface area contributed by atoms with Crippen molar-refractivity contribution in [2.45, 2.75) is 26.8 Å². The molecule has 3 aromatic rings. The van der Waals surface area contributed by atoms with Crippen LogP contribution < -0.4 is 5.73 Å². The minimum atomic E-state index is 0.508. The first-order valence-corrected chi connectivity index (χ1v) is 7.61. The summed E-state index contributed by atoms with van der Waals surface area (Å²) in [4.78, 5) is 14.3. The lowest BCUT2D eigenvalue weighted by atomic mass is 10.2. The lowest BCUT2D eigenvalue weighted by Gasteiger charge is -2.07. The predicted molar refractivity (Wildman–Crippen MR) is 85.2 cm³/mol. The Morgan fingerprint density at radius 3 is 2.81 bits per heavy atom. The predicted octanol–water partition coefficient (Wildman–Crippen LogP) is 2.84. The molecule has 0 fully saturated rings. The van der Waals surface area contributed by atoms with Gasteiger partial charge in [0, 0.05) is 42.0 Å². The molecule has 0 aliphatic heterocycles. The number of imidazole rings is 1. The lowest BCUT2D eigenvalue weighted by Crippen LogP contribution is -2.03. The van der Waals surface area contributed by atoms with Crippen molar-refractivity contribution in [2.75, 3.05) is 5.73 Å². The van der Waals surface area contributed by atoms with Crippen LogP contribution in [0, 0.1) is 13.8 Å². The molecule has 21 heavy (non-hydrogen) atoms. The largest absolute Gasteiger partial charge is 0.384 e. The second kappa shape index (κ2) is 5.65. The molecule has 108 valence electrons. The summed E-state index contributed by atoms with van der Waals surface area (Å²) in [5, 5.41) is 1.17. The van der Waals surface area contributed by atoms with Crippen LogP contribution in [0.25, 0.3) is 11.4 Å². The van der Waals surface area contributed by atoms with E-state index >= 15 is 0 Å². The van der Waals surface area contributed by atoms with Crippen molar-refractivity contribution in [1.29, 1.82) is 0 Å². The van der Waals surface area contributed by atoms with Gasteiger partial charge in [0.15, 0.2) is 0 Å². The average Bonchev–Trinajstić information content (AvgIpc) is 3.04. The highest BCUT2D eigenvalue weighted by Gasteiger charge is 2.08. The Morgan fingerprint density at radius 2 is 2.10 bits per heavy atom. The molecule has 3 heterocycles. The number of nitrogens with two attached hydrogens (primary N) is 1. The van der Waals surface area contributed by atoms with Gasteiger partial charge in [-0.25, -0.2) is 15.0 Å². The number of pyridine rings is 1. The number of rotatable bonds is 4. The van der Waals surface area contributed by atoms with Crippen molar-refractivity contribution in [2.24, 2.45) is 0 Å². The Kier molecular flexibility index (Phi) is 3.70. The van der Waals surface area contributed by atoms with Gasteiger partial charge < -0.3 is 10.3 Å². The van der Waals surface area contributed by atoms with Crippen molar-refractivity contribution in [3.63, 3.8) is 0 Å². The zero-order chi connectivity index (χ0) is 14.8. The molecule has 3 rings (SSSR count). The Hall–Kier alpha value is -2.21. The quantitative estimate of drug-likeness (QED) is 0.804. The van der Waals surface area contributed by atoms with Crippen LogP contribution in [0.5, 0.6) is 0 Å². The summed E-state index contributed by atoms with van der Waals surface area (Å²) in [5.41, 5.74) is 7.86. The summed E-state index contributed by atoms with van der Waals surface area (Å²) in [6, 6.07) is 3.77. The normalized spacial score (nSPS) is 11.0. The van der Waals surface area contributed by atoms with E-state index in [1.54, 1.807) is 17.5 Å². The Labute approximate surface area is 127 Å². The van der Waals surface area contributed by atoms with Crippen LogP contribution in [0.2, 0.25) is 0 Å². The van der Waals surface area contributed by atoms with E-state index in [1.165, 1.54) is 9.88 Å². The SMILES string of the molecule is Cc1nc(CCn2ccnc2-c2ccnc(N)c2)sc1C. The number of hydrogen-bond donors (Lipinski definition) is 1. The van der Waals surface area contributed by atoms with E-state index in [-0.39, 0.29) is 0 Å². The van der Waals surface area contributed by atoms with E-state index in [0.717, 1.165) is 30.0 Å². The molecule has 2 N–H and O–H groups in total. The smallest absolute Gasteiger partial charge is 0.140 e. The van der Waals surface area contributed by atoms with E-state index in [1.807, 2.05) is 24.5 Å². The molecular weight excluding hydrogens is 282 g/mol. The molecule has 0 aliphatic rings. The molecule has 0 radical (unpaired) electrons. The molecular formula is C15H17N5S. The van der Waals surface area contributed by atoms with Crippen LogP contribution in [0.3, 0.4) is 0 Å². The number of thiazole rings is 1. The van der Waals surface area contributed by atoms with Gasteiger partial charge in [-0.2, -0.15) is 0 Å². The zero-order valence-electron chi connectivity index (χ0n) is 12.1. The molecule has 3 aromatic heterocycles. The van der Waals surface area contributed by atoms with Crippen molar-refractivity contribution < 1.29 is 0 Å². The van der Waals surface area contributed by atoms with E-state index in [0.29, 0.717) is 5.82 Å². The van der Waals surface area contributed by atoms with Crippen LogP contribution in [-0.4, -0.2) is 19.5 Å². The highest BCUT2D eigenvalue weighted by atomic mass is 32.1. The number of aryl methyl sites for hydroxylation is 4. The van der Waals surface area contributed by atoms with Crippen LogP contribution in [0.1, 0.15) is 15.6 Å². The Morgan fingerprint density at radius 1 is 1.24 bits per heavy atom. The maximum absolute atomic E-state index is 5.74. The second-order valence-electron chi connectivity index (χ2n) is 4.91. The van der Waals surface area contributed by atoms with Gasteiger partial charge in [0.25, 0.3) is 0 Å². The van der Waals surface area contributed by atoms with Gasteiger partial charge in [-0.1, -0.05) is 0 Å². The summed E-state index contributed by atoms with van der Waals surface area (Å²) in [6.45, 7) is 5.01. The molecule has 6 heteroatoms.